The van der Waals surface area contributed by atoms with Gasteiger partial charge in [0.2, 0.25) is 11.8 Å². The second-order valence-electron chi connectivity index (χ2n) is 3.81. The Balaban J connectivity index is 4.23. The maximum atomic E-state index is 11.5. The third-order valence-electron chi connectivity index (χ3n) is 2.22. The summed E-state index contributed by atoms with van der Waals surface area (Å²) in [6.07, 6.45) is 0.479. The maximum Gasteiger partial charge on any atom is 0.326 e. The highest BCUT2D eigenvalue weighted by Crippen LogP contribution is 1.98. The lowest BCUT2D eigenvalue weighted by Crippen LogP contribution is -2.49. The molecule has 18 heavy (non-hydrogen) atoms. The van der Waals surface area contributed by atoms with Crippen LogP contribution in [0.5, 0.6) is 0 Å². The van der Waals surface area contributed by atoms with Crippen LogP contribution in [0.3, 0.4) is 0 Å². The Labute approximate surface area is 105 Å². The van der Waals surface area contributed by atoms with Gasteiger partial charge in [0.1, 0.15) is 6.04 Å². The molecular weight excluding hydrogens is 242 g/mol. The number of aliphatic carboxylic acids is 1. The first-order valence-corrected chi connectivity index (χ1v) is 5.44. The van der Waals surface area contributed by atoms with Crippen molar-refractivity contribution in [3.63, 3.8) is 0 Å². The summed E-state index contributed by atoms with van der Waals surface area (Å²) in [6, 6.07) is -2.18. The van der Waals surface area contributed by atoms with Crippen LogP contribution >= 0.6 is 0 Å². The van der Waals surface area contributed by atoms with Crippen LogP contribution in [0.25, 0.3) is 0 Å². The van der Waals surface area contributed by atoms with E-state index in [1.807, 2.05) is 0 Å². The Hall–Kier alpha value is -1.67. The highest BCUT2D eigenvalue weighted by molar-refractivity contribution is 5.89. The van der Waals surface area contributed by atoms with Gasteiger partial charge in [-0.1, -0.05) is 0 Å². The van der Waals surface area contributed by atoms with Crippen molar-refractivity contribution in [2.45, 2.75) is 31.3 Å². The molecule has 0 fully saturated rings. The molecular formula is C10H19N3O5. The summed E-state index contributed by atoms with van der Waals surface area (Å²) in [5.41, 5.74) is 10.4. The van der Waals surface area contributed by atoms with Gasteiger partial charge in [-0.15, -0.1) is 0 Å². The molecule has 0 radical (unpaired) electrons. The van der Waals surface area contributed by atoms with Crippen LogP contribution in [-0.2, 0) is 19.1 Å². The first-order chi connectivity index (χ1) is 8.38. The van der Waals surface area contributed by atoms with Crippen molar-refractivity contribution >= 4 is 17.8 Å². The Morgan fingerprint density at radius 3 is 2.44 bits per heavy atom. The number of ether oxygens (including phenoxy) is 1. The molecule has 0 heterocycles. The highest BCUT2D eigenvalue weighted by Gasteiger charge is 2.24. The fraction of sp³-hybridized carbons (Fsp3) is 0.700. The minimum Gasteiger partial charge on any atom is -0.480 e. The number of carboxylic acids is 1. The van der Waals surface area contributed by atoms with Gasteiger partial charge < -0.3 is 26.6 Å². The van der Waals surface area contributed by atoms with E-state index in [0.29, 0.717) is 19.4 Å². The first kappa shape index (κ1) is 16.3. The zero-order valence-electron chi connectivity index (χ0n) is 10.2. The Morgan fingerprint density at radius 2 is 2.00 bits per heavy atom. The van der Waals surface area contributed by atoms with Crippen LogP contribution in [0.15, 0.2) is 0 Å². The molecule has 0 saturated heterocycles. The number of carbonyl (C=O) groups excluding carboxylic acids is 2. The highest BCUT2D eigenvalue weighted by atomic mass is 16.5. The molecule has 2 atom stereocenters. The standard InChI is InChI=1S/C10H19N3O5/c1-18-4-2-3-6(11)9(15)13-7(10(16)17)5-8(12)14/h6-7H,2-5,11H2,1H3,(H2,12,14)(H,13,15)(H,16,17). The largest absolute Gasteiger partial charge is 0.480 e. The molecule has 0 aliphatic heterocycles. The van der Waals surface area contributed by atoms with Gasteiger partial charge in [-0.05, 0) is 12.8 Å². The molecule has 0 aliphatic carbocycles. The summed E-state index contributed by atoms with van der Waals surface area (Å²) in [5.74, 6) is -2.76. The minimum atomic E-state index is -1.34. The number of hydrogen-bond acceptors (Lipinski definition) is 5. The van der Waals surface area contributed by atoms with Gasteiger partial charge in [-0.25, -0.2) is 4.79 Å². The average Bonchev–Trinajstić information content (AvgIpc) is 2.27. The van der Waals surface area contributed by atoms with E-state index >= 15 is 0 Å². The van der Waals surface area contributed by atoms with E-state index in [4.69, 9.17) is 21.3 Å². The van der Waals surface area contributed by atoms with Gasteiger partial charge in [0.25, 0.3) is 0 Å². The van der Waals surface area contributed by atoms with Crippen LogP contribution in [0, 0.1) is 0 Å². The number of amides is 2. The molecule has 6 N–H and O–H groups in total. The van der Waals surface area contributed by atoms with E-state index in [-0.39, 0.29) is 0 Å². The Morgan fingerprint density at radius 1 is 1.39 bits per heavy atom. The number of nitrogens with one attached hydrogen (secondary N) is 1. The molecule has 2 unspecified atom stereocenters. The van der Waals surface area contributed by atoms with Crippen LogP contribution in [0.1, 0.15) is 19.3 Å². The van der Waals surface area contributed by atoms with Crippen molar-refractivity contribution in [2.75, 3.05) is 13.7 Å². The van der Waals surface area contributed by atoms with Gasteiger partial charge in [-0.2, -0.15) is 0 Å². The smallest absolute Gasteiger partial charge is 0.326 e. The molecule has 0 bridgehead atoms. The predicted octanol–water partition coefficient (Wildman–Crippen LogP) is -1.81. The van der Waals surface area contributed by atoms with E-state index in [1.165, 1.54) is 7.11 Å². The SMILES string of the molecule is COCCCC(N)C(=O)NC(CC(N)=O)C(=O)O. The van der Waals surface area contributed by atoms with Crippen LogP contribution in [-0.4, -0.2) is 48.7 Å². The van der Waals surface area contributed by atoms with Gasteiger partial charge in [0.15, 0.2) is 0 Å². The molecule has 0 saturated carbocycles. The van der Waals surface area contributed by atoms with E-state index in [9.17, 15) is 14.4 Å². The lowest BCUT2D eigenvalue weighted by molar-refractivity contribution is -0.143. The first-order valence-electron chi connectivity index (χ1n) is 5.44. The Kier molecular flexibility index (Phi) is 7.64. The van der Waals surface area contributed by atoms with Gasteiger partial charge in [0, 0.05) is 13.7 Å². The summed E-state index contributed by atoms with van der Waals surface area (Å²) >= 11 is 0. The topological polar surface area (TPSA) is 145 Å². The molecule has 0 spiro atoms. The zero-order valence-corrected chi connectivity index (χ0v) is 10.2. The van der Waals surface area contributed by atoms with E-state index in [2.05, 4.69) is 5.32 Å². The summed E-state index contributed by atoms with van der Waals surface area (Å²) < 4.78 is 4.80. The third-order valence-corrected chi connectivity index (χ3v) is 2.22. The molecule has 0 aromatic heterocycles. The third kappa shape index (κ3) is 6.81. The molecule has 8 nitrogen and oxygen atoms in total. The molecule has 0 aromatic rings. The molecule has 2 amide bonds. The van der Waals surface area contributed by atoms with Crippen LogP contribution in [0.4, 0.5) is 0 Å². The zero-order chi connectivity index (χ0) is 14.1. The number of nitrogens with two attached hydrogens (primary N) is 2. The summed E-state index contributed by atoms with van der Waals surface area (Å²) in [4.78, 5) is 32.9. The lowest BCUT2D eigenvalue weighted by atomic mass is 10.1. The number of hydrogen-bond donors (Lipinski definition) is 4. The second-order valence-corrected chi connectivity index (χ2v) is 3.81. The van der Waals surface area contributed by atoms with E-state index < -0.39 is 36.3 Å². The average molecular weight is 261 g/mol. The fourth-order valence-electron chi connectivity index (χ4n) is 1.26. The summed E-state index contributed by atoms with van der Waals surface area (Å²) in [6.45, 7) is 0.463. The van der Waals surface area contributed by atoms with Crippen molar-refractivity contribution < 1.29 is 24.2 Å². The quantitative estimate of drug-likeness (QED) is 0.360. The second kappa shape index (κ2) is 8.43. The number of methoxy groups -OCH3 is 1. The van der Waals surface area contributed by atoms with Gasteiger partial charge in [-0.3, -0.25) is 9.59 Å². The van der Waals surface area contributed by atoms with Crippen molar-refractivity contribution in [2.24, 2.45) is 11.5 Å². The number of carboxylic acid groups (broad SMARTS) is 1. The van der Waals surface area contributed by atoms with Crippen molar-refractivity contribution in [1.82, 2.24) is 5.32 Å². The molecule has 8 heteroatoms. The van der Waals surface area contributed by atoms with Crippen molar-refractivity contribution in [3.05, 3.63) is 0 Å². The van der Waals surface area contributed by atoms with Crippen molar-refractivity contribution in [3.8, 4) is 0 Å². The Bertz CT molecular complexity index is 308. The van der Waals surface area contributed by atoms with E-state index in [1.54, 1.807) is 0 Å². The molecule has 0 aliphatic rings. The summed E-state index contributed by atoms with van der Waals surface area (Å²) in [5, 5.41) is 11.0. The number of rotatable bonds is 9. The monoisotopic (exact) mass is 261 g/mol. The van der Waals surface area contributed by atoms with Crippen molar-refractivity contribution in [1.29, 1.82) is 0 Å². The predicted molar refractivity (Wildman–Crippen MR) is 62.5 cm³/mol. The van der Waals surface area contributed by atoms with Crippen LogP contribution < -0.4 is 16.8 Å². The van der Waals surface area contributed by atoms with Gasteiger partial charge in [0.05, 0.1) is 12.5 Å². The maximum absolute atomic E-state index is 11.5. The number of carbonyl (C=O) groups is 3. The van der Waals surface area contributed by atoms with E-state index in [0.717, 1.165) is 0 Å². The molecule has 104 valence electrons. The normalized spacial score (nSPS) is 13.7. The minimum absolute atomic E-state index is 0.364. The molecule has 0 rings (SSSR count). The van der Waals surface area contributed by atoms with Gasteiger partial charge >= 0.3 is 5.97 Å². The van der Waals surface area contributed by atoms with Crippen LogP contribution in [0.2, 0.25) is 0 Å². The fourth-order valence-corrected chi connectivity index (χ4v) is 1.26. The molecule has 0 aromatic carbocycles. The number of primary amides is 1. The summed E-state index contributed by atoms with van der Waals surface area (Å²) in [7, 11) is 1.53. The lowest BCUT2D eigenvalue weighted by Gasteiger charge is -2.16.